The van der Waals surface area contributed by atoms with Crippen molar-refractivity contribution in [2.45, 2.75) is 13.5 Å². The molecule has 5 aromatic rings. The monoisotopic (exact) mass is 561 g/mol. The minimum atomic E-state index is -0.164. The minimum Gasteiger partial charge on any atom is -0.423 e. The van der Waals surface area contributed by atoms with Gasteiger partial charge in [-0.2, -0.15) is 0 Å². The number of hydrogen-bond acceptors (Lipinski definition) is 10. The highest BCUT2D eigenvalue weighted by Crippen LogP contribution is 2.26. The van der Waals surface area contributed by atoms with Gasteiger partial charge in [-0.05, 0) is 61.5 Å². The molecule has 212 valence electrons. The molecule has 6 rings (SSSR count). The molecular weight excluding hydrogens is 530 g/mol. The Morgan fingerprint density at radius 3 is 2.57 bits per heavy atom. The summed E-state index contributed by atoms with van der Waals surface area (Å²) in [7, 11) is 2.16. The second kappa shape index (κ2) is 12.2. The van der Waals surface area contributed by atoms with E-state index in [4.69, 9.17) is 4.42 Å². The number of rotatable bonds is 8. The summed E-state index contributed by atoms with van der Waals surface area (Å²) in [6.45, 7) is 7.16. The van der Waals surface area contributed by atoms with Gasteiger partial charge < -0.3 is 20.0 Å². The summed E-state index contributed by atoms with van der Waals surface area (Å²) in [5.41, 5.74) is 6.41. The number of carbonyl (C=O) groups is 1. The molecule has 11 nitrogen and oxygen atoms in total. The molecule has 1 aliphatic heterocycles. The number of likely N-dealkylation sites (N-methyl/N-ethyl adjacent to an activating group) is 1. The molecule has 2 aromatic carbocycles. The zero-order valence-corrected chi connectivity index (χ0v) is 23.5. The van der Waals surface area contributed by atoms with Crippen LogP contribution in [0.3, 0.4) is 0 Å². The van der Waals surface area contributed by atoms with E-state index >= 15 is 0 Å². The van der Waals surface area contributed by atoms with E-state index in [0.29, 0.717) is 34.3 Å². The molecule has 1 amide bonds. The fourth-order valence-corrected chi connectivity index (χ4v) is 4.76. The summed E-state index contributed by atoms with van der Waals surface area (Å²) in [4.78, 5) is 31.2. The molecule has 0 atom stereocenters. The Morgan fingerprint density at radius 1 is 0.976 bits per heavy atom. The van der Waals surface area contributed by atoms with E-state index in [0.717, 1.165) is 49.5 Å². The summed E-state index contributed by atoms with van der Waals surface area (Å²) >= 11 is 0. The number of nitrogens with one attached hydrogen (secondary N) is 2. The number of anilines is 3. The van der Waals surface area contributed by atoms with Gasteiger partial charge in [0.05, 0.1) is 11.3 Å². The number of amides is 1. The van der Waals surface area contributed by atoms with Gasteiger partial charge >= 0.3 is 0 Å². The number of carbonyl (C=O) groups excluding carboxylic acids is 1. The lowest BCUT2D eigenvalue weighted by atomic mass is 10.1. The summed E-state index contributed by atoms with van der Waals surface area (Å²) in [6, 6.07) is 17.2. The van der Waals surface area contributed by atoms with E-state index in [2.05, 4.69) is 52.6 Å². The van der Waals surface area contributed by atoms with Gasteiger partial charge in [-0.3, -0.25) is 14.7 Å². The Hall–Kier alpha value is -5.00. The third kappa shape index (κ3) is 6.48. The predicted octanol–water partition coefficient (Wildman–Crippen LogP) is 4.64. The van der Waals surface area contributed by atoms with Crippen LogP contribution in [0.5, 0.6) is 0 Å². The molecule has 0 saturated carbocycles. The van der Waals surface area contributed by atoms with Crippen LogP contribution >= 0.6 is 0 Å². The van der Waals surface area contributed by atoms with Crippen molar-refractivity contribution >= 4 is 23.2 Å². The summed E-state index contributed by atoms with van der Waals surface area (Å²) < 4.78 is 5.29. The summed E-state index contributed by atoms with van der Waals surface area (Å²) in [5.74, 6) is 0.633. The SMILES string of the molecule is Cc1ccc(NC(=O)c2ccc(CN3CCN(C)CC3)cc2)cc1Nc1nccc(-c2cncc(-c3nnco3)c2)n1. The molecule has 1 aliphatic rings. The largest absolute Gasteiger partial charge is 0.423 e. The Morgan fingerprint density at radius 2 is 1.79 bits per heavy atom. The van der Waals surface area contributed by atoms with Crippen molar-refractivity contribution < 1.29 is 9.21 Å². The van der Waals surface area contributed by atoms with Crippen LogP contribution in [-0.2, 0) is 6.54 Å². The number of aromatic nitrogens is 5. The van der Waals surface area contributed by atoms with Gasteiger partial charge in [-0.25, -0.2) is 9.97 Å². The van der Waals surface area contributed by atoms with Gasteiger partial charge in [0.15, 0.2) is 0 Å². The van der Waals surface area contributed by atoms with Gasteiger partial charge in [-0.1, -0.05) is 18.2 Å². The van der Waals surface area contributed by atoms with Crippen molar-refractivity contribution in [2.24, 2.45) is 0 Å². The van der Waals surface area contributed by atoms with Crippen molar-refractivity contribution in [1.82, 2.24) is 34.9 Å². The molecule has 0 radical (unpaired) electrons. The highest BCUT2D eigenvalue weighted by Gasteiger charge is 2.15. The molecular formula is C31H31N9O2. The molecule has 0 unspecified atom stereocenters. The fourth-order valence-electron chi connectivity index (χ4n) is 4.76. The van der Waals surface area contributed by atoms with E-state index in [1.54, 1.807) is 24.7 Å². The number of piperazine rings is 1. The van der Waals surface area contributed by atoms with Crippen molar-refractivity contribution in [3.05, 3.63) is 96.3 Å². The molecule has 2 N–H and O–H groups in total. The van der Waals surface area contributed by atoms with Gasteiger partial charge in [0.2, 0.25) is 18.2 Å². The van der Waals surface area contributed by atoms with E-state index in [9.17, 15) is 4.79 Å². The molecule has 0 bridgehead atoms. The van der Waals surface area contributed by atoms with E-state index < -0.39 is 0 Å². The molecule has 0 spiro atoms. The number of benzene rings is 2. The van der Waals surface area contributed by atoms with Gasteiger partial charge in [0.1, 0.15) is 0 Å². The van der Waals surface area contributed by atoms with Crippen molar-refractivity contribution in [1.29, 1.82) is 0 Å². The molecule has 0 aliphatic carbocycles. The number of pyridine rings is 1. The normalized spacial score (nSPS) is 14.0. The quantitative estimate of drug-likeness (QED) is 0.277. The average molecular weight is 562 g/mol. The smallest absolute Gasteiger partial charge is 0.255 e. The first-order chi connectivity index (χ1) is 20.5. The zero-order valence-electron chi connectivity index (χ0n) is 23.5. The van der Waals surface area contributed by atoms with E-state index in [1.165, 1.54) is 12.0 Å². The predicted molar refractivity (Wildman–Crippen MR) is 160 cm³/mol. The molecule has 1 saturated heterocycles. The van der Waals surface area contributed by atoms with Crippen LogP contribution in [0.25, 0.3) is 22.7 Å². The maximum Gasteiger partial charge on any atom is 0.255 e. The van der Waals surface area contributed by atoms with Crippen LogP contribution in [0.1, 0.15) is 21.5 Å². The van der Waals surface area contributed by atoms with Crippen LogP contribution in [0.2, 0.25) is 0 Å². The first-order valence-electron chi connectivity index (χ1n) is 13.7. The molecule has 1 fully saturated rings. The Balaban J connectivity index is 1.12. The molecule has 11 heteroatoms. The third-order valence-corrected chi connectivity index (χ3v) is 7.26. The van der Waals surface area contributed by atoms with Crippen LogP contribution < -0.4 is 10.6 Å². The first kappa shape index (κ1) is 27.2. The highest BCUT2D eigenvalue weighted by molar-refractivity contribution is 6.04. The lowest BCUT2D eigenvalue weighted by Gasteiger charge is -2.32. The van der Waals surface area contributed by atoms with Crippen molar-refractivity contribution in [2.75, 3.05) is 43.9 Å². The minimum absolute atomic E-state index is 0.164. The second-order valence-corrected chi connectivity index (χ2v) is 10.4. The standard InChI is InChI=1S/C31H31N9O2/c1-21-3-8-26(35-29(41)23-6-4-22(5-7-23)19-40-13-11-39(2)12-14-40)16-28(21)37-31-33-10-9-27(36-31)24-15-25(18-32-17-24)30-38-34-20-42-30/h3-10,15-18,20H,11-14,19H2,1-2H3,(H,35,41)(H,33,36,37). The molecule has 4 heterocycles. The topological polar surface area (TPSA) is 125 Å². The van der Waals surface area contributed by atoms with Crippen molar-refractivity contribution in [3.63, 3.8) is 0 Å². The molecule has 42 heavy (non-hydrogen) atoms. The van der Waals surface area contributed by atoms with Gasteiger partial charge in [0.25, 0.3) is 5.91 Å². The first-order valence-corrected chi connectivity index (χ1v) is 13.7. The number of hydrogen-bond donors (Lipinski definition) is 2. The molecule has 3 aromatic heterocycles. The van der Waals surface area contributed by atoms with E-state index in [1.807, 2.05) is 55.5 Å². The zero-order chi connectivity index (χ0) is 28.9. The van der Waals surface area contributed by atoms with E-state index in [-0.39, 0.29) is 5.91 Å². The third-order valence-electron chi connectivity index (χ3n) is 7.26. The summed E-state index contributed by atoms with van der Waals surface area (Å²) in [5, 5.41) is 14.0. The Kier molecular flexibility index (Phi) is 7.93. The van der Waals surface area contributed by atoms with Crippen LogP contribution in [-0.4, -0.2) is 74.1 Å². The number of nitrogens with zero attached hydrogens (tertiary/aromatic N) is 7. The Labute approximate surface area is 243 Å². The maximum atomic E-state index is 13.0. The highest BCUT2D eigenvalue weighted by atomic mass is 16.4. The van der Waals surface area contributed by atoms with Gasteiger partial charge in [-0.15, -0.1) is 10.2 Å². The fraction of sp³-hybridized carbons (Fsp3) is 0.226. The number of aryl methyl sites for hydroxylation is 1. The second-order valence-electron chi connectivity index (χ2n) is 10.4. The lowest BCUT2D eigenvalue weighted by Crippen LogP contribution is -2.43. The Bertz CT molecular complexity index is 1660. The van der Waals surface area contributed by atoms with Crippen LogP contribution in [0.15, 0.2) is 84.0 Å². The lowest BCUT2D eigenvalue weighted by molar-refractivity contribution is 0.102. The maximum absolute atomic E-state index is 13.0. The summed E-state index contributed by atoms with van der Waals surface area (Å²) in [6.07, 6.45) is 6.33. The van der Waals surface area contributed by atoms with Crippen LogP contribution in [0, 0.1) is 6.92 Å². The van der Waals surface area contributed by atoms with Gasteiger partial charge in [0, 0.05) is 73.8 Å². The average Bonchev–Trinajstić information content (AvgIpc) is 3.56. The van der Waals surface area contributed by atoms with Crippen LogP contribution in [0.4, 0.5) is 17.3 Å². The van der Waals surface area contributed by atoms with Crippen molar-refractivity contribution in [3.8, 4) is 22.7 Å².